The Morgan fingerprint density at radius 1 is 1.40 bits per heavy atom. The molecule has 1 aliphatic heterocycles. The highest BCUT2D eigenvalue weighted by Crippen LogP contribution is 2.43. The average Bonchev–Trinajstić information content (AvgIpc) is 2.59. The lowest BCUT2D eigenvalue weighted by atomic mass is 9.80. The van der Waals surface area contributed by atoms with Crippen LogP contribution < -0.4 is 5.32 Å². The van der Waals surface area contributed by atoms with Crippen LogP contribution in [-0.2, 0) is 15.7 Å². The molecule has 0 saturated heterocycles. The summed E-state index contributed by atoms with van der Waals surface area (Å²) in [5.41, 5.74) is -1.48. The van der Waals surface area contributed by atoms with Crippen molar-refractivity contribution in [3.8, 4) is 6.07 Å². The first-order valence-electron chi connectivity index (χ1n) is 7.29. The van der Waals surface area contributed by atoms with Crippen LogP contribution in [0.1, 0.15) is 30.4 Å². The van der Waals surface area contributed by atoms with Crippen molar-refractivity contribution >= 4 is 5.97 Å². The molecule has 0 bridgehead atoms. The van der Waals surface area contributed by atoms with E-state index in [9.17, 15) is 27.6 Å². The molecule has 8 heteroatoms. The van der Waals surface area contributed by atoms with Crippen LogP contribution in [-0.4, -0.2) is 13.1 Å². The molecule has 0 aliphatic carbocycles. The largest absolute Gasteiger partial charge is 0.466 e. The first-order valence-corrected chi connectivity index (χ1v) is 7.29. The van der Waals surface area contributed by atoms with Crippen LogP contribution in [0.3, 0.4) is 0 Å². The van der Waals surface area contributed by atoms with Gasteiger partial charge in [-0.05, 0) is 24.1 Å². The van der Waals surface area contributed by atoms with Crippen molar-refractivity contribution < 1.29 is 27.1 Å². The van der Waals surface area contributed by atoms with Gasteiger partial charge >= 0.3 is 12.1 Å². The number of methoxy groups -OCH3 is 1. The fourth-order valence-electron chi connectivity index (χ4n) is 2.74. The Balaban J connectivity index is 2.78. The van der Waals surface area contributed by atoms with E-state index >= 15 is 0 Å². The van der Waals surface area contributed by atoms with E-state index in [1.165, 1.54) is 6.20 Å². The number of halogens is 4. The fraction of sp³-hybridized carbons (Fsp3) is 0.294. The molecule has 1 unspecified atom stereocenters. The lowest BCUT2D eigenvalue weighted by molar-refractivity contribution is -0.139. The Kier molecular flexibility index (Phi) is 5.16. The van der Waals surface area contributed by atoms with Gasteiger partial charge in [0.15, 0.2) is 0 Å². The number of nitriles is 1. The molecule has 0 fully saturated rings. The first-order chi connectivity index (χ1) is 11.7. The highest BCUT2D eigenvalue weighted by Gasteiger charge is 2.40. The predicted octanol–water partition coefficient (Wildman–Crippen LogP) is 3.78. The number of allylic oxidation sites excluding steroid dienone is 2. The highest BCUT2D eigenvalue weighted by atomic mass is 19.4. The molecule has 4 nitrogen and oxygen atoms in total. The minimum atomic E-state index is -4.85. The number of nitrogens with zero attached hydrogens (tertiary/aromatic N) is 1. The van der Waals surface area contributed by atoms with E-state index in [2.05, 4.69) is 10.1 Å². The van der Waals surface area contributed by atoms with Crippen molar-refractivity contribution in [2.75, 3.05) is 7.11 Å². The van der Waals surface area contributed by atoms with Gasteiger partial charge in [0.2, 0.25) is 0 Å². The molecular weight excluding hydrogens is 340 g/mol. The van der Waals surface area contributed by atoms with E-state index in [1.54, 1.807) is 13.0 Å². The Bertz CT molecular complexity index is 804. The molecule has 0 saturated carbocycles. The van der Waals surface area contributed by atoms with Crippen LogP contribution >= 0.6 is 0 Å². The number of hydrogen-bond acceptors (Lipinski definition) is 4. The molecule has 0 spiro atoms. The Morgan fingerprint density at radius 2 is 2.08 bits per heavy atom. The van der Waals surface area contributed by atoms with Gasteiger partial charge in [-0.15, -0.1) is 0 Å². The van der Waals surface area contributed by atoms with Gasteiger partial charge in [-0.1, -0.05) is 13.0 Å². The predicted molar refractivity (Wildman–Crippen MR) is 80.3 cm³/mol. The third-order valence-corrected chi connectivity index (χ3v) is 3.85. The monoisotopic (exact) mass is 354 g/mol. The van der Waals surface area contributed by atoms with Crippen molar-refractivity contribution in [3.63, 3.8) is 0 Å². The second-order valence-corrected chi connectivity index (χ2v) is 5.26. The van der Waals surface area contributed by atoms with Crippen molar-refractivity contribution in [3.05, 3.63) is 58.2 Å². The normalized spacial score (nSPS) is 17.5. The zero-order valence-electron chi connectivity index (χ0n) is 13.4. The minimum absolute atomic E-state index is 0.0961. The first kappa shape index (κ1) is 18.5. The fourth-order valence-corrected chi connectivity index (χ4v) is 2.74. The van der Waals surface area contributed by atoms with E-state index < -0.39 is 29.4 Å². The zero-order valence-corrected chi connectivity index (χ0v) is 13.4. The summed E-state index contributed by atoms with van der Waals surface area (Å²) in [5, 5.41) is 12.1. The van der Waals surface area contributed by atoms with Gasteiger partial charge in [-0.25, -0.2) is 9.18 Å². The molecule has 1 heterocycles. The number of carbonyl (C=O) groups excluding carboxylic acids is 1. The maximum absolute atomic E-state index is 13.4. The average molecular weight is 354 g/mol. The maximum atomic E-state index is 13.4. The molecule has 25 heavy (non-hydrogen) atoms. The number of benzene rings is 1. The highest BCUT2D eigenvalue weighted by molar-refractivity contribution is 5.93. The number of ether oxygens (including phenoxy) is 1. The van der Waals surface area contributed by atoms with E-state index in [1.807, 2.05) is 0 Å². The van der Waals surface area contributed by atoms with Crippen molar-refractivity contribution in [2.45, 2.75) is 25.4 Å². The molecular formula is C17H14F4N2O2. The third kappa shape index (κ3) is 3.50. The summed E-state index contributed by atoms with van der Waals surface area (Å²) < 4.78 is 58.2. The van der Waals surface area contributed by atoms with Crippen LogP contribution in [0.4, 0.5) is 17.6 Å². The summed E-state index contributed by atoms with van der Waals surface area (Å²) in [4.78, 5) is 12.2. The van der Waals surface area contributed by atoms with E-state index in [0.29, 0.717) is 18.2 Å². The van der Waals surface area contributed by atoms with Crippen LogP contribution in [0, 0.1) is 17.1 Å². The second kappa shape index (κ2) is 6.97. The number of nitrogens with one attached hydrogen (secondary N) is 1. The van der Waals surface area contributed by atoms with Crippen molar-refractivity contribution in [1.29, 1.82) is 5.26 Å². The van der Waals surface area contributed by atoms with Crippen molar-refractivity contribution in [1.82, 2.24) is 5.32 Å². The summed E-state index contributed by atoms with van der Waals surface area (Å²) in [6, 6.07) is 3.95. The van der Waals surface area contributed by atoms with Crippen LogP contribution in [0.15, 0.2) is 41.2 Å². The molecule has 132 valence electrons. The Hall–Kier alpha value is -2.82. The number of dihydropyridines is 1. The van der Waals surface area contributed by atoms with Crippen molar-refractivity contribution in [2.24, 2.45) is 0 Å². The standard InChI is InChI=1S/C17H14F4N2O2/c1-3-13-15(16(24)25-2)14(9(7-22)8-23-13)11-5-4-10(18)6-12(11)17(19,20)21/h4-6,8,14,23H,3H2,1-2H3. The number of hydrogen-bond donors (Lipinski definition) is 1. The quantitative estimate of drug-likeness (QED) is 0.663. The van der Waals surface area contributed by atoms with Crippen LogP contribution in [0.2, 0.25) is 0 Å². The van der Waals surface area contributed by atoms with E-state index in [4.69, 9.17) is 0 Å². The zero-order chi connectivity index (χ0) is 18.8. The maximum Gasteiger partial charge on any atom is 0.416 e. The molecule has 1 aromatic carbocycles. The number of carbonyl (C=O) groups is 1. The van der Waals surface area contributed by atoms with E-state index in [-0.39, 0.29) is 16.7 Å². The van der Waals surface area contributed by atoms with Crippen LogP contribution in [0.25, 0.3) is 0 Å². The lowest BCUT2D eigenvalue weighted by Gasteiger charge is -2.28. The van der Waals surface area contributed by atoms with Gasteiger partial charge in [0.25, 0.3) is 0 Å². The molecule has 1 aliphatic rings. The third-order valence-electron chi connectivity index (χ3n) is 3.85. The molecule has 1 N–H and O–H groups in total. The van der Waals surface area contributed by atoms with Crippen LogP contribution in [0.5, 0.6) is 0 Å². The number of rotatable bonds is 3. The Labute approximate surface area is 141 Å². The SMILES string of the molecule is CCC1=C(C(=O)OC)C(c2ccc(F)cc2C(F)(F)F)C(C#N)=CN1. The molecule has 2 rings (SSSR count). The smallest absolute Gasteiger partial charge is 0.416 e. The second-order valence-electron chi connectivity index (χ2n) is 5.26. The topological polar surface area (TPSA) is 62.1 Å². The van der Waals surface area contributed by atoms with Gasteiger partial charge < -0.3 is 10.1 Å². The lowest BCUT2D eigenvalue weighted by Crippen LogP contribution is -2.27. The summed E-state index contributed by atoms with van der Waals surface area (Å²) >= 11 is 0. The molecule has 1 aromatic rings. The van der Waals surface area contributed by atoms with Gasteiger partial charge in [-0.2, -0.15) is 18.4 Å². The number of alkyl halides is 3. The molecule has 0 radical (unpaired) electrons. The minimum Gasteiger partial charge on any atom is -0.466 e. The van der Waals surface area contributed by atoms with E-state index in [0.717, 1.165) is 19.2 Å². The summed E-state index contributed by atoms with van der Waals surface area (Å²) in [6.07, 6.45) is -3.30. The van der Waals surface area contributed by atoms with Gasteiger partial charge in [0.1, 0.15) is 5.82 Å². The van der Waals surface area contributed by atoms with Gasteiger partial charge in [-0.3, -0.25) is 0 Å². The van der Waals surface area contributed by atoms with Gasteiger partial charge in [0, 0.05) is 11.9 Å². The molecule has 0 amide bonds. The summed E-state index contributed by atoms with van der Waals surface area (Å²) in [5.74, 6) is -3.22. The summed E-state index contributed by atoms with van der Waals surface area (Å²) in [6.45, 7) is 1.70. The molecule has 1 atom stereocenters. The summed E-state index contributed by atoms with van der Waals surface area (Å²) in [7, 11) is 1.10. The molecule has 0 aromatic heterocycles. The van der Waals surface area contributed by atoms with Gasteiger partial charge in [0.05, 0.1) is 35.8 Å². The number of esters is 1. The Morgan fingerprint density at radius 3 is 2.60 bits per heavy atom.